The van der Waals surface area contributed by atoms with Crippen molar-refractivity contribution >= 4 is 0 Å². The van der Waals surface area contributed by atoms with E-state index in [2.05, 4.69) is 43.6 Å². The van der Waals surface area contributed by atoms with Crippen LogP contribution < -0.4 is 9.47 Å². The molecule has 1 aromatic carbocycles. The van der Waals surface area contributed by atoms with E-state index in [0.29, 0.717) is 6.04 Å². The Morgan fingerprint density at radius 3 is 2.39 bits per heavy atom. The Kier molecular flexibility index (Phi) is 6.31. The Balaban J connectivity index is 2.52. The van der Waals surface area contributed by atoms with Crippen LogP contribution in [-0.4, -0.2) is 50.2 Å². The molecule has 1 unspecified atom stereocenters. The van der Waals surface area contributed by atoms with Gasteiger partial charge in [-0.3, -0.25) is 9.80 Å². The minimum absolute atomic E-state index is 0.370. The first-order chi connectivity index (χ1) is 11.1. The van der Waals surface area contributed by atoms with Crippen LogP contribution in [0.4, 0.5) is 0 Å². The average molecular weight is 320 g/mol. The van der Waals surface area contributed by atoms with Gasteiger partial charge in [-0.05, 0) is 39.0 Å². The molecule has 1 atom stereocenters. The number of methoxy groups -OCH3 is 2. The molecule has 1 aliphatic rings. The summed E-state index contributed by atoms with van der Waals surface area (Å²) >= 11 is 0. The number of hydrogen-bond acceptors (Lipinski definition) is 4. The summed E-state index contributed by atoms with van der Waals surface area (Å²) in [5, 5.41) is 0. The summed E-state index contributed by atoms with van der Waals surface area (Å²) in [5.41, 5.74) is 3.89. The van der Waals surface area contributed by atoms with Gasteiger partial charge in [0.1, 0.15) is 11.5 Å². The van der Waals surface area contributed by atoms with Crippen molar-refractivity contribution in [1.29, 1.82) is 0 Å². The number of ether oxygens (including phenoxy) is 2. The molecule has 0 saturated carbocycles. The SMILES string of the molecule is CCN(CC)Cc1cc(OC)c2c(c1OC)CCN(CC)C2C. The maximum absolute atomic E-state index is 5.85. The van der Waals surface area contributed by atoms with Gasteiger partial charge in [-0.25, -0.2) is 0 Å². The molecule has 1 aromatic rings. The highest BCUT2D eigenvalue weighted by atomic mass is 16.5. The van der Waals surface area contributed by atoms with Gasteiger partial charge in [0.05, 0.1) is 14.2 Å². The maximum Gasteiger partial charge on any atom is 0.127 e. The molecule has 0 amide bonds. The van der Waals surface area contributed by atoms with Gasteiger partial charge < -0.3 is 9.47 Å². The smallest absolute Gasteiger partial charge is 0.127 e. The van der Waals surface area contributed by atoms with Crippen molar-refractivity contribution < 1.29 is 9.47 Å². The van der Waals surface area contributed by atoms with E-state index in [1.54, 1.807) is 14.2 Å². The summed E-state index contributed by atoms with van der Waals surface area (Å²) in [7, 11) is 3.57. The number of fused-ring (bicyclic) bond motifs is 1. The molecule has 0 aromatic heterocycles. The Labute approximate surface area is 141 Å². The van der Waals surface area contributed by atoms with Crippen LogP contribution in [0, 0.1) is 0 Å². The first-order valence-electron chi connectivity index (χ1n) is 8.84. The molecule has 23 heavy (non-hydrogen) atoms. The third kappa shape index (κ3) is 3.48. The number of benzene rings is 1. The molecule has 0 aliphatic carbocycles. The summed E-state index contributed by atoms with van der Waals surface area (Å²) in [6.07, 6.45) is 1.03. The van der Waals surface area contributed by atoms with Gasteiger partial charge in [0.15, 0.2) is 0 Å². The molecule has 0 radical (unpaired) electrons. The lowest BCUT2D eigenvalue weighted by Gasteiger charge is -2.37. The lowest BCUT2D eigenvalue weighted by Crippen LogP contribution is -2.34. The molecule has 0 saturated heterocycles. The number of rotatable bonds is 7. The Bertz CT molecular complexity index is 527. The topological polar surface area (TPSA) is 24.9 Å². The quantitative estimate of drug-likeness (QED) is 0.768. The highest BCUT2D eigenvalue weighted by molar-refractivity contribution is 5.56. The van der Waals surface area contributed by atoms with Gasteiger partial charge in [-0.1, -0.05) is 20.8 Å². The van der Waals surface area contributed by atoms with Gasteiger partial charge in [0.25, 0.3) is 0 Å². The van der Waals surface area contributed by atoms with Crippen LogP contribution in [0.15, 0.2) is 6.07 Å². The fraction of sp³-hybridized carbons (Fsp3) is 0.684. The van der Waals surface area contributed by atoms with Crippen LogP contribution in [0.1, 0.15) is 50.4 Å². The van der Waals surface area contributed by atoms with Crippen molar-refractivity contribution in [2.24, 2.45) is 0 Å². The fourth-order valence-corrected chi connectivity index (χ4v) is 3.76. The second-order valence-electron chi connectivity index (χ2n) is 6.18. The second-order valence-corrected chi connectivity index (χ2v) is 6.18. The molecular formula is C19H32N2O2. The molecule has 130 valence electrons. The second kappa shape index (κ2) is 8.02. The van der Waals surface area contributed by atoms with E-state index in [4.69, 9.17) is 9.47 Å². The summed E-state index contributed by atoms with van der Waals surface area (Å²) in [4.78, 5) is 4.91. The molecular weight excluding hydrogens is 288 g/mol. The van der Waals surface area contributed by atoms with Gasteiger partial charge in [-0.15, -0.1) is 0 Å². The molecule has 0 bridgehead atoms. The normalized spacial score (nSPS) is 18.1. The first kappa shape index (κ1) is 18.1. The monoisotopic (exact) mass is 320 g/mol. The van der Waals surface area contributed by atoms with E-state index >= 15 is 0 Å². The van der Waals surface area contributed by atoms with Crippen molar-refractivity contribution in [3.8, 4) is 11.5 Å². The first-order valence-corrected chi connectivity index (χ1v) is 8.84. The minimum atomic E-state index is 0.370. The van der Waals surface area contributed by atoms with E-state index in [0.717, 1.165) is 50.6 Å². The van der Waals surface area contributed by atoms with Gasteiger partial charge in [-0.2, -0.15) is 0 Å². The predicted octanol–water partition coefficient (Wildman–Crippen LogP) is 3.48. The molecule has 0 spiro atoms. The van der Waals surface area contributed by atoms with Crippen LogP contribution in [-0.2, 0) is 13.0 Å². The van der Waals surface area contributed by atoms with Crippen molar-refractivity contribution in [2.75, 3.05) is 40.4 Å². The number of likely N-dealkylation sites (N-methyl/N-ethyl adjacent to an activating group) is 1. The van der Waals surface area contributed by atoms with Gasteiger partial charge in [0, 0.05) is 35.8 Å². The number of hydrogen-bond donors (Lipinski definition) is 0. The molecule has 0 N–H and O–H groups in total. The van der Waals surface area contributed by atoms with Crippen LogP contribution in [0.3, 0.4) is 0 Å². The van der Waals surface area contributed by atoms with E-state index in [1.165, 1.54) is 16.7 Å². The van der Waals surface area contributed by atoms with Crippen LogP contribution in [0.5, 0.6) is 11.5 Å². The third-order valence-electron chi connectivity index (χ3n) is 5.19. The Hall–Kier alpha value is -1.26. The zero-order valence-corrected chi connectivity index (χ0v) is 15.6. The zero-order chi connectivity index (χ0) is 17.0. The fourth-order valence-electron chi connectivity index (χ4n) is 3.76. The third-order valence-corrected chi connectivity index (χ3v) is 5.19. The highest BCUT2D eigenvalue weighted by Crippen LogP contribution is 2.43. The maximum atomic E-state index is 5.85. The van der Waals surface area contributed by atoms with Gasteiger partial charge >= 0.3 is 0 Å². The molecule has 4 heteroatoms. The standard InChI is InChI=1S/C19H32N2O2/c1-7-20(8-2)13-15-12-17(22-5)18-14(4)21(9-3)11-10-16(18)19(15)23-6/h12,14H,7-11,13H2,1-6H3. The van der Waals surface area contributed by atoms with Gasteiger partial charge in [0.2, 0.25) is 0 Å². The van der Waals surface area contributed by atoms with E-state index < -0.39 is 0 Å². The summed E-state index contributed by atoms with van der Waals surface area (Å²) < 4.78 is 11.6. The van der Waals surface area contributed by atoms with E-state index in [1.807, 2.05) is 0 Å². The van der Waals surface area contributed by atoms with Crippen molar-refractivity contribution in [3.05, 3.63) is 22.8 Å². The number of nitrogens with zero attached hydrogens (tertiary/aromatic N) is 2. The lowest BCUT2D eigenvalue weighted by atomic mass is 9.89. The molecule has 1 heterocycles. The summed E-state index contributed by atoms with van der Waals surface area (Å²) in [5.74, 6) is 2.07. The van der Waals surface area contributed by atoms with Crippen molar-refractivity contribution in [1.82, 2.24) is 9.80 Å². The van der Waals surface area contributed by atoms with Crippen LogP contribution in [0.25, 0.3) is 0 Å². The van der Waals surface area contributed by atoms with Crippen LogP contribution in [0.2, 0.25) is 0 Å². The Morgan fingerprint density at radius 2 is 1.87 bits per heavy atom. The largest absolute Gasteiger partial charge is 0.496 e. The summed E-state index contributed by atoms with van der Waals surface area (Å²) in [6.45, 7) is 14.0. The van der Waals surface area contributed by atoms with Crippen molar-refractivity contribution in [3.63, 3.8) is 0 Å². The average Bonchev–Trinajstić information content (AvgIpc) is 2.58. The zero-order valence-electron chi connectivity index (χ0n) is 15.6. The van der Waals surface area contributed by atoms with E-state index in [9.17, 15) is 0 Å². The predicted molar refractivity (Wildman–Crippen MR) is 95.5 cm³/mol. The van der Waals surface area contributed by atoms with Crippen LogP contribution >= 0.6 is 0 Å². The minimum Gasteiger partial charge on any atom is -0.496 e. The van der Waals surface area contributed by atoms with E-state index in [-0.39, 0.29) is 0 Å². The lowest BCUT2D eigenvalue weighted by molar-refractivity contribution is 0.201. The Morgan fingerprint density at radius 1 is 1.17 bits per heavy atom. The molecule has 2 rings (SSSR count). The molecule has 0 fully saturated rings. The highest BCUT2D eigenvalue weighted by Gasteiger charge is 2.30. The molecule has 4 nitrogen and oxygen atoms in total. The van der Waals surface area contributed by atoms with Crippen molar-refractivity contribution in [2.45, 2.75) is 46.7 Å². The molecule has 1 aliphatic heterocycles. The summed E-state index contributed by atoms with van der Waals surface area (Å²) in [6, 6.07) is 2.56.